The Hall–Kier alpha value is -2.74. The highest BCUT2D eigenvalue weighted by Crippen LogP contribution is 2.21. The fraction of sp³-hybridized carbons (Fsp3) is 0.200. The van der Waals surface area contributed by atoms with Gasteiger partial charge in [0.05, 0.1) is 0 Å². The molecule has 0 unspecified atom stereocenters. The summed E-state index contributed by atoms with van der Waals surface area (Å²) < 4.78 is 1.19. The zero-order valence-corrected chi connectivity index (χ0v) is 13.3. The minimum Gasteiger partial charge on any atom is -0.300 e. The van der Waals surface area contributed by atoms with Crippen LogP contribution in [-0.4, -0.2) is 25.7 Å². The van der Waals surface area contributed by atoms with Crippen molar-refractivity contribution < 1.29 is 4.79 Å². The molecule has 0 radical (unpaired) electrons. The smallest absolute Gasteiger partial charge is 0.300 e. The number of carbonyl (C=O) groups excluding carboxylic acids is 1. The van der Waals surface area contributed by atoms with E-state index in [0.717, 1.165) is 11.3 Å². The Morgan fingerprint density at radius 2 is 2.13 bits per heavy atom. The van der Waals surface area contributed by atoms with Crippen LogP contribution >= 0.6 is 11.3 Å². The summed E-state index contributed by atoms with van der Waals surface area (Å²) in [5.74, 6) is -0.315. The Labute approximate surface area is 136 Å². The number of hydrogen-bond acceptors (Lipinski definition) is 5. The van der Waals surface area contributed by atoms with Gasteiger partial charge in [0.1, 0.15) is 12.9 Å². The highest BCUT2D eigenvalue weighted by molar-refractivity contribution is 7.15. The number of carbonyl (C=O) groups is 1. The summed E-state index contributed by atoms with van der Waals surface area (Å²) in [6.07, 6.45) is 3.81. The van der Waals surface area contributed by atoms with Crippen LogP contribution in [-0.2, 0) is 17.8 Å². The van der Waals surface area contributed by atoms with Crippen molar-refractivity contribution in [2.75, 3.05) is 5.32 Å². The van der Waals surface area contributed by atoms with Crippen molar-refractivity contribution in [2.24, 2.45) is 0 Å². The molecule has 0 aliphatic carbocycles. The number of anilines is 1. The van der Waals surface area contributed by atoms with Gasteiger partial charge in [-0.25, -0.2) is 14.9 Å². The van der Waals surface area contributed by atoms with E-state index in [1.54, 1.807) is 6.20 Å². The van der Waals surface area contributed by atoms with Crippen molar-refractivity contribution in [3.05, 3.63) is 63.3 Å². The number of aromatic nitrogens is 4. The van der Waals surface area contributed by atoms with Crippen molar-refractivity contribution in [1.29, 1.82) is 0 Å². The normalized spacial score (nSPS) is 10.7. The fourth-order valence-electron chi connectivity index (χ4n) is 2.05. The van der Waals surface area contributed by atoms with Crippen LogP contribution in [0, 0.1) is 6.92 Å². The molecule has 118 valence electrons. The second-order valence-corrected chi connectivity index (χ2v) is 6.25. The summed E-state index contributed by atoms with van der Waals surface area (Å²) in [7, 11) is 0. The molecule has 0 saturated heterocycles. The van der Waals surface area contributed by atoms with E-state index in [9.17, 15) is 9.59 Å². The molecule has 2 heterocycles. The average Bonchev–Trinajstić information content (AvgIpc) is 3.11. The quantitative estimate of drug-likeness (QED) is 0.743. The number of rotatable bonds is 5. The maximum absolute atomic E-state index is 11.9. The minimum atomic E-state index is -0.417. The maximum atomic E-state index is 11.9. The van der Waals surface area contributed by atoms with Gasteiger partial charge in [-0.15, -0.1) is 11.3 Å². The molecular formula is C15H15N5O2S. The number of H-pyrrole nitrogens is 1. The van der Waals surface area contributed by atoms with Gasteiger partial charge in [-0.2, -0.15) is 5.10 Å². The third kappa shape index (κ3) is 3.92. The molecule has 0 aliphatic heterocycles. The number of thiazole rings is 1. The second-order valence-electron chi connectivity index (χ2n) is 5.13. The number of amides is 1. The molecule has 0 aliphatic rings. The Kier molecular flexibility index (Phi) is 4.33. The van der Waals surface area contributed by atoms with Crippen molar-refractivity contribution in [2.45, 2.75) is 19.9 Å². The molecule has 8 heteroatoms. The van der Waals surface area contributed by atoms with Crippen LogP contribution in [0.4, 0.5) is 5.13 Å². The zero-order valence-electron chi connectivity index (χ0n) is 12.4. The van der Waals surface area contributed by atoms with E-state index in [-0.39, 0.29) is 12.5 Å². The molecule has 7 nitrogen and oxygen atoms in total. The van der Waals surface area contributed by atoms with Crippen molar-refractivity contribution in [3.8, 4) is 0 Å². The van der Waals surface area contributed by atoms with E-state index in [1.165, 1.54) is 33.4 Å². The molecule has 0 atom stereocenters. The fourth-order valence-corrected chi connectivity index (χ4v) is 2.91. The topological polar surface area (TPSA) is 92.7 Å². The summed E-state index contributed by atoms with van der Waals surface area (Å²) in [6.45, 7) is 1.96. The Balaban J connectivity index is 1.60. The molecule has 3 rings (SSSR count). The van der Waals surface area contributed by atoms with Gasteiger partial charge in [0.2, 0.25) is 5.91 Å². The first kappa shape index (κ1) is 15.2. The van der Waals surface area contributed by atoms with E-state index in [4.69, 9.17) is 0 Å². The van der Waals surface area contributed by atoms with Crippen molar-refractivity contribution in [1.82, 2.24) is 19.7 Å². The first-order valence-corrected chi connectivity index (χ1v) is 7.82. The van der Waals surface area contributed by atoms with Crippen LogP contribution in [0.3, 0.4) is 0 Å². The lowest BCUT2D eigenvalue weighted by Gasteiger charge is -2.01. The standard InChI is InChI=1S/C15H15N5O2S/c1-10-2-4-11(5-3-10)6-12-7-16-14(23-12)18-13(21)8-20-9-17-19-15(20)22/h2-5,7,9H,6,8H2,1H3,(H,19,22)(H,16,18,21). The van der Waals surface area contributed by atoms with Gasteiger partial charge < -0.3 is 5.32 Å². The summed E-state index contributed by atoms with van der Waals surface area (Å²) in [5, 5.41) is 9.02. The first-order chi connectivity index (χ1) is 11.1. The van der Waals surface area contributed by atoms with E-state index >= 15 is 0 Å². The third-order valence-electron chi connectivity index (χ3n) is 3.23. The molecule has 23 heavy (non-hydrogen) atoms. The maximum Gasteiger partial charge on any atom is 0.343 e. The Morgan fingerprint density at radius 3 is 2.83 bits per heavy atom. The number of aryl methyl sites for hydroxylation is 1. The molecular weight excluding hydrogens is 314 g/mol. The van der Waals surface area contributed by atoms with Gasteiger partial charge in [-0.1, -0.05) is 29.8 Å². The monoisotopic (exact) mass is 329 g/mol. The second kappa shape index (κ2) is 6.57. The Morgan fingerprint density at radius 1 is 1.35 bits per heavy atom. The lowest BCUT2D eigenvalue weighted by atomic mass is 10.1. The average molecular weight is 329 g/mol. The molecule has 2 N–H and O–H groups in total. The number of nitrogens with one attached hydrogen (secondary N) is 2. The predicted octanol–water partition coefficient (Wildman–Crippen LogP) is 1.57. The number of hydrogen-bond donors (Lipinski definition) is 2. The lowest BCUT2D eigenvalue weighted by Crippen LogP contribution is -2.25. The van der Waals surface area contributed by atoms with Gasteiger partial charge in [-0.05, 0) is 12.5 Å². The van der Waals surface area contributed by atoms with E-state index in [2.05, 4.69) is 51.7 Å². The van der Waals surface area contributed by atoms with Gasteiger partial charge in [0, 0.05) is 17.5 Å². The number of aromatic amines is 1. The van der Waals surface area contributed by atoms with Crippen LogP contribution in [0.2, 0.25) is 0 Å². The van der Waals surface area contributed by atoms with Crippen LogP contribution in [0.5, 0.6) is 0 Å². The summed E-state index contributed by atoms with van der Waals surface area (Å²) in [4.78, 5) is 28.4. The van der Waals surface area contributed by atoms with E-state index < -0.39 is 5.69 Å². The van der Waals surface area contributed by atoms with Gasteiger partial charge >= 0.3 is 5.69 Å². The largest absolute Gasteiger partial charge is 0.343 e. The van der Waals surface area contributed by atoms with Crippen LogP contribution in [0.1, 0.15) is 16.0 Å². The minimum absolute atomic E-state index is 0.0950. The summed E-state index contributed by atoms with van der Waals surface area (Å²) >= 11 is 1.42. The molecule has 0 saturated carbocycles. The molecule has 0 spiro atoms. The van der Waals surface area contributed by atoms with E-state index in [1.807, 2.05) is 0 Å². The van der Waals surface area contributed by atoms with E-state index in [0.29, 0.717) is 5.13 Å². The zero-order chi connectivity index (χ0) is 16.2. The van der Waals surface area contributed by atoms with Crippen molar-refractivity contribution >= 4 is 22.4 Å². The SMILES string of the molecule is Cc1ccc(Cc2cnc(NC(=O)Cn3cn[nH]c3=O)s2)cc1. The van der Waals surface area contributed by atoms with Crippen LogP contribution in [0.15, 0.2) is 41.6 Å². The summed E-state index contributed by atoms with van der Waals surface area (Å²) in [5.41, 5.74) is 2.00. The third-order valence-corrected chi connectivity index (χ3v) is 4.14. The van der Waals surface area contributed by atoms with Gasteiger partial charge in [0.15, 0.2) is 5.13 Å². The van der Waals surface area contributed by atoms with Crippen LogP contribution in [0.25, 0.3) is 0 Å². The number of nitrogens with zero attached hydrogens (tertiary/aromatic N) is 3. The lowest BCUT2D eigenvalue weighted by molar-refractivity contribution is -0.116. The molecule has 3 aromatic rings. The molecule has 1 aromatic carbocycles. The predicted molar refractivity (Wildman–Crippen MR) is 87.6 cm³/mol. The van der Waals surface area contributed by atoms with Gasteiger partial charge in [0.25, 0.3) is 0 Å². The van der Waals surface area contributed by atoms with Gasteiger partial charge in [-0.3, -0.25) is 9.36 Å². The number of benzene rings is 1. The molecule has 1 amide bonds. The van der Waals surface area contributed by atoms with Crippen molar-refractivity contribution in [3.63, 3.8) is 0 Å². The highest BCUT2D eigenvalue weighted by Gasteiger charge is 2.09. The Bertz CT molecular complexity index is 862. The molecule has 0 bridgehead atoms. The molecule has 0 fully saturated rings. The summed E-state index contributed by atoms with van der Waals surface area (Å²) in [6, 6.07) is 8.31. The first-order valence-electron chi connectivity index (χ1n) is 7.00. The molecule has 2 aromatic heterocycles. The van der Waals surface area contributed by atoms with Crippen LogP contribution < -0.4 is 11.0 Å². The highest BCUT2D eigenvalue weighted by atomic mass is 32.1.